The van der Waals surface area contributed by atoms with Gasteiger partial charge in [0.1, 0.15) is 11.5 Å². The van der Waals surface area contributed by atoms with Crippen molar-refractivity contribution < 1.29 is 9.18 Å². The minimum atomic E-state index is -0.403. The number of nitrogens with zero attached hydrogens (tertiary/aromatic N) is 4. The Morgan fingerprint density at radius 3 is 2.55 bits per heavy atom. The third-order valence-corrected chi connectivity index (χ3v) is 10.7. The maximum absolute atomic E-state index is 14.9. The highest BCUT2D eigenvalue weighted by atomic mass is 32.1. The predicted octanol–water partition coefficient (Wildman–Crippen LogP) is 6.39. The SMILES string of the molecule is CN1CCC(c2ccc(Nc3cc(-c4ccc(F)c(CC(=O)c5cc6c(s5)C5CCC6C5)c4)cn(C)c3=O)nn2)CC1. The van der Waals surface area contributed by atoms with Crippen LogP contribution in [0.4, 0.5) is 15.9 Å². The summed E-state index contributed by atoms with van der Waals surface area (Å²) in [5.74, 6) is 1.64. The van der Waals surface area contributed by atoms with Crippen molar-refractivity contribution in [3.8, 4) is 11.1 Å². The van der Waals surface area contributed by atoms with E-state index < -0.39 is 5.82 Å². The number of carbonyl (C=O) groups excluding carboxylic acids is 1. The number of pyridine rings is 1. The number of aromatic nitrogens is 3. The van der Waals surface area contributed by atoms with E-state index in [1.54, 1.807) is 42.8 Å². The number of hydrogen-bond acceptors (Lipinski definition) is 7. The van der Waals surface area contributed by atoms with Gasteiger partial charge >= 0.3 is 0 Å². The van der Waals surface area contributed by atoms with Crippen LogP contribution in [0.2, 0.25) is 0 Å². The molecule has 2 unspecified atom stereocenters. The summed E-state index contributed by atoms with van der Waals surface area (Å²) in [6.07, 6.45) is 7.50. The van der Waals surface area contributed by atoms with Crippen LogP contribution in [0.25, 0.3) is 11.1 Å². The normalized spacial score (nSPS) is 20.2. The van der Waals surface area contributed by atoms with Crippen LogP contribution < -0.4 is 10.9 Å². The summed E-state index contributed by atoms with van der Waals surface area (Å²) in [5.41, 5.74) is 4.28. The second-order valence-electron chi connectivity index (χ2n) is 12.1. The number of fused-ring (bicyclic) bond motifs is 5. The van der Waals surface area contributed by atoms with Crippen LogP contribution in [0.1, 0.15) is 81.2 Å². The van der Waals surface area contributed by atoms with E-state index in [-0.39, 0.29) is 17.8 Å². The molecule has 3 aromatic heterocycles. The highest BCUT2D eigenvalue weighted by Crippen LogP contribution is 2.56. The molecule has 9 heteroatoms. The van der Waals surface area contributed by atoms with Gasteiger partial charge in [0, 0.05) is 36.0 Å². The number of hydrogen-bond donors (Lipinski definition) is 1. The minimum absolute atomic E-state index is 0.00446. The van der Waals surface area contributed by atoms with Crippen molar-refractivity contribution in [3.05, 3.63) is 91.4 Å². The van der Waals surface area contributed by atoms with Gasteiger partial charge in [-0.25, -0.2) is 4.39 Å². The Morgan fingerprint density at radius 1 is 0.976 bits per heavy atom. The fourth-order valence-electron chi connectivity index (χ4n) is 6.88. The lowest BCUT2D eigenvalue weighted by Gasteiger charge is -2.28. The molecule has 42 heavy (non-hydrogen) atoms. The predicted molar refractivity (Wildman–Crippen MR) is 164 cm³/mol. The van der Waals surface area contributed by atoms with Gasteiger partial charge in [-0.05, 0) is 117 Å². The molecule has 1 saturated carbocycles. The average Bonchev–Trinajstić information content (AvgIpc) is 3.72. The van der Waals surface area contributed by atoms with E-state index in [4.69, 9.17) is 0 Å². The molecular formula is C33H34FN5O2S. The number of thiophene rings is 1. The number of benzene rings is 1. The van der Waals surface area contributed by atoms with Crippen molar-refractivity contribution in [2.45, 2.75) is 56.3 Å². The number of piperidine rings is 1. The molecule has 2 aliphatic carbocycles. The second-order valence-corrected chi connectivity index (χ2v) is 13.2. The van der Waals surface area contributed by atoms with E-state index in [1.807, 2.05) is 12.1 Å². The Balaban J connectivity index is 1.10. The van der Waals surface area contributed by atoms with E-state index in [0.717, 1.165) is 47.6 Å². The first-order chi connectivity index (χ1) is 20.3. The van der Waals surface area contributed by atoms with Crippen LogP contribution in [-0.2, 0) is 13.5 Å². The van der Waals surface area contributed by atoms with E-state index in [9.17, 15) is 14.0 Å². The van der Waals surface area contributed by atoms with Crippen LogP contribution >= 0.6 is 11.3 Å². The van der Waals surface area contributed by atoms with Gasteiger partial charge in [0.2, 0.25) is 0 Å². The first-order valence-electron chi connectivity index (χ1n) is 14.8. The summed E-state index contributed by atoms with van der Waals surface area (Å²) in [5, 5.41) is 11.9. The summed E-state index contributed by atoms with van der Waals surface area (Å²) >= 11 is 1.60. The Hall–Kier alpha value is -3.69. The van der Waals surface area contributed by atoms with Crippen molar-refractivity contribution >= 4 is 28.6 Å². The van der Waals surface area contributed by atoms with Crippen molar-refractivity contribution in [1.29, 1.82) is 0 Å². The molecule has 0 spiro atoms. The van der Waals surface area contributed by atoms with Gasteiger partial charge in [0.05, 0.1) is 10.6 Å². The van der Waals surface area contributed by atoms with Gasteiger partial charge < -0.3 is 14.8 Å². The summed E-state index contributed by atoms with van der Waals surface area (Å²) in [4.78, 5) is 30.6. The topological polar surface area (TPSA) is 80.1 Å². The van der Waals surface area contributed by atoms with Crippen molar-refractivity contribution in [1.82, 2.24) is 19.7 Å². The number of aryl methyl sites for hydroxylation is 1. The van der Waals surface area contributed by atoms with E-state index >= 15 is 0 Å². The molecule has 2 atom stereocenters. The quantitative estimate of drug-likeness (QED) is 0.254. The summed E-state index contributed by atoms with van der Waals surface area (Å²) < 4.78 is 16.4. The molecule has 0 amide bonds. The molecule has 1 aliphatic heterocycles. The molecule has 7 rings (SSSR count). The monoisotopic (exact) mass is 583 g/mol. The van der Waals surface area contributed by atoms with Crippen molar-refractivity contribution in [3.63, 3.8) is 0 Å². The highest BCUT2D eigenvalue weighted by Gasteiger charge is 2.39. The first kappa shape index (κ1) is 27.2. The third kappa shape index (κ3) is 5.09. The molecule has 3 aliphatic rings. The van der Waals surface area contributed by atoms with Crippen LogP contribution in [0.5, 0.6) is 0 Å². The number of rotatable bonds is 7. The molecule has 1 N–H and O–H groups in total. The lowest BCUT2D eigenvalue weighted by atomic mass is 9.94. The molecule has 7 nitrogen and oxygen atoms in total. The van der Waals surface area contributed by atoms with Gasteiger partial charge in [-0.3, -0.25) is 9.59 Å². The van der Waals surface area contributed by atoms with Crippen LogP contribution in [-0.4, -0.2) is 45.6 Å². The highest BCUT2D eigenvalue weighted by molar-refractivity contribution is 7.14. The molecule has 1 aromatic carbocycles. The zero-order valence-corrected chi connectivity index (χ0v) is 24.7. The molecule has 0 radical (unpaired) electrons. The number of nitrogens with one attached hydrogen (secondary N) is 1. The summed E-state index contributed by atoms with van der Waals surface area (Å²) in [6, 6.07) is 12.4. The fourth-order valence-corrected chi connectivity index (χ4v) is 8.21. The van der Waals surface area contributed by atoms with E-state index in [1.165, 1.54) is 40.3 Å². The van der Waals surface area contributed by atoms with Crippen LogP contribution in [0.15, 0.2) is 53.5 Å². The summed E-state index contributed by atoms with van der Waals surface area (Å²) in [6.45, 7) is 2.09. The van der Waals surface area contributed by atoms with Crippen LogP contribution in [0, 0.1) is 5.82 Å². The lowest BCUT2D eigenvalue weighted by molar-refractivity contribution is 0.0995. The zero-order chi connectivity index (χ0) is 29.0. The van der Waals surface area contributed by atoms with Gasteiger partial charge in [0.15, 0.2) is 11.6 Å². The molecule has 216 valence electrons. The summed E-state index contributed by atoms with van der Waals surface area (Å²) in [7, 11) is 3.82. The molecular weight excluding hydrogens is 549 g/mol. The number of Topliss-reactive ketones (excluding diaryl/α,β-unsaturated/α-hetero) is 1. The van der Waals surface area contributed by atoms with Gasteiger partial charge in [0.25, 0.3) is 5.56 Å². The molecule has 4 aromatic rings. The number of carbonyl (C=O) groups is 1. The largest absolute Gasteiger partial charge is 0.334 e. The maximum atomic E-state index is 14.9. The maximum Gasteiger partial charge on any atom is 0.274 e. The Kier molecular flexibility index (Phi) is 7.02. The Labute approximate surface area is 248 Å². The third-order valence-electron chi connectivity index (χ3n) is 9.31. The first-order valence-corrected chi connectivity index (χ1v) is 15.6. The van der Waals surface area contributed by atoms with Crippen molar-refractivity contribution in [2.24, 2.45) is 7.05 Å². The lowest BCUT2D eigenvalue weighted by Crippen LogP contribution is -2.29. The molecule has 4 heterocycles. The van der Waals surface area contributed by atoms with E-state index in [0.29, 0.717) is 34.8 Å². The molecule has 2 fully saturated rings. The van der Waals surface area contributed by atoms with E-state index in [2.05, 4.69) is 33.5 Å². The van der Waals surface area contributed by atoms with Gasteiger partial charge in [-0.2, -0.15) is 5.10 Å². The standard InChI is InChI=1S/C33H34FN5O2S/c1-38-11-9-19(10-12-38)27-7-8-31(37-36-27)35-28-15-24(18-39(2)33(28)41)20-5-6-26(34)23(13-20)16-29(40)30-17-25-21-3-4-22(14-21)32(25)42-30/h5-8,13,15,17-19,21-22H,3-4,9-12,14,16H2,1-2H3,(H,35,37). The minimum Gasteiger partial charge on any atom is -0.334 e. The fraction of sp³-hybridized carbons (Fsp3) is 0.394. The van der Waals surface area contributed by atoms with Gasteiger partial charge in [-0.1, -0.05) is 6.07 Å². The molecule has 2 bridgehead atoms. The van der Waals surface area contributed by atoms with Crippen LogP contribution in [0.3, 0.4) is 0 Å². The Bertz CT molecular complexity index is 1690. The molecule has 1 saturated heterocycles. The second kappa shape index (κ2) is 10.9. The number of likely N-dealkylation sites (tertiary alicyclic amines) is 1. The Morgan fingerprint density at radius 2 is 1.79 bits per heavy atom. The average molecular weight is 584 g/mol. The number of halogens is 1. The number of ketones is 1. The zero-order valence-electron chi connectivity index (χ0n) is 23.9. The van der Waals surface area contributed by atoms with Gasteiger partial charge in [-0.15, -0.1) is 16.4 Å². The smallest absolute Gasteiger partial charge is 0.274 e. The van der Waals surface area contributed by atoms with Crippen molar-refractivity contribution in [2.75, 3.05) is 25.5 Å². The number of anilines is 2.